The van der Waals surface area contributed by atoms with E-state index < -0.39 is 11.8 Å². The summed E-state index contributed by atoms with van der Waals surface area (Å²) in [6, 6.07) is 0. The van der Waals surface area contributed by atoms with Crippen molar-refractivity contribution in [3.63, 3.8) is 0 Å². The molecule has 0 aromatic carbocycles. The van der Waals surface area contributed by atoms with Gasteiger partial charge in [0.1, 0.15) is 17.0 Å². The average molecular weight is 354 g/mol. The minimum atomic E-state index is -0.561. The number of rotatable bonds is 4. The second kappa shape index (κ2) is 6.36. The van der Waals surface area contributed by atoms with Crippen LogP contribution in [0.25, 0.3) is 10.3 Å². The molecule has 3 unspecified atom stereocenters. The third-order valence-corrected chi connectivity index (χ3v) is 4.89. The fourth-order valence-electron chi connectivity index (χ4n) is 2.94. The molecule has 0 amide bonds. The summed E-state index contributed by atoms with van der Waals surface area (Å²) < 4.78 is 12.8. The molecule has 3 rings (SSSR count). The normalized spacial score (nSPS) is 21.9. The van der Waals surface area contributed by atoms with Crippen LogP contribution in [0.1, 0.15) is 39.3 Å². The summed E-state index contributed by atoms with van der Waals surface area (Å²) in [6.45, 7) is 3.25. The molecule has 2 aromatic rings. The first-order valence-corrected chi connectivity index (χ1v) is 8.45. The van der Waals surface area contributed by atoms with Crippen molar-refractivity contribution in [1.82, 2.24) is 14.5 Å². The summed E-state index contributed by atoms with van der Waals surface area (Å²) in [7, 11) is 0. The zero-order valence-corrected chi connectivity index (χ0v) is 14.1. The lowest BCUT2D eigenvalue weighted by Gasteiger charge is -2.22. The van der Waals surface area contributed by atoms with Crippen LogP contribution in [0, 0.1) is 0 Å². The van der Waals surface area contributed by atoms with Gasteiger partial charge in [-0.1, -0.05) is 18.3 Å². The highest BCUT2D eigenvalue weighted by Gasteiger charge is 2.35. The molecule has 10 heteroatoms. The van der Waals surface area contributed by atoms with Gasteiger partial charge in [0.15, 0.2) is 5.65 Å². The summed E-state index contributed by atoms with van der Waals surface area (Å²) in [4.78, 5) is 41.5. The zero-order valence-electron chi connectivity index (χ0n) is 13.3. The van der Waals surface area contributed by atoms with E-state index >= 15 is 0 Å². The van der Waals surface area contributed by atoms with Crippen LogP contribution in [0.15, 0.2) is 9.59 Å². The Labute approximate surface area is 140 Å². The highest BCUT2D eigenvalue weighted by atomic mass is 32.1. The van der Waals surface area contributed by atoms with Gasteiger partial charge in [-0.05, 0) is 19.3 Å². The number of nitrogens with zero attached hydrogens (tertiary/aromatic N) is 2. The van der Waals surface area contributed by atoms with Gasteiger partial charge in [0.25, 0.3) is 5.56 Å². The van der Waals surface area contributed by atoms with Crippen LogP contribution in [0.2, 0.25) is 0 Å². The summed E-state index contributed by atoms with van der Waals surface area (Å²) >= 11 is 0.807. The van der Waals surface area contributed by atoms with Gasteiger partial charge in [-0.3, -0.25) is 23.9 Å². The molecule has 130 valence electrons. The van der Waals surface area contributed by atoms with Crippen LogP contribution in [0.4, 0.5) is 5.95 Å². The molecule has 2 aromatic heterocycles. The van der Waals surface area contributed by atoms with Crippen molar-refractivity contribution in [3.05, 3.63) is 20.0 Å². The molecule has 0 radical (unpaired) electrons. The Balaban J connectivity index is 1.93. The van der Waals surface area contributed by atoms with Crippen LogP contribution < -0.4 is 16.2 Å². The maximum atomic E-state index is 12.3. The second-order valence-corrected chi connectivity index (χ2v) is 6.57. The number of esters is 1. The maximum absolute atomic E-state index is 12.3. The van der Waals surface area contributed by atoms with Crippen LogP contribution in [0.5, 0.6) is 0 Å². The highest BCUT2D eigenvalue weighted by molar-refractivity contribution is 7.16. The van der Waals surface area contributed by atoms with Gasteiger partial charge in [-0.15, -0.1) is 0 Å². The predicted octanol–water partition coefficient (Wildman–Crippen LogP) is 0.748. The van der Waals surface area contributed by atoms with Gasteiger partial charge in [-0.25, -0.2) is 0 Å². The van der Waals surface area contributed by atoms with E-state index in [4.69, 9.17) is 15.2 Å². The molecule has 3 heterocycles. The van der Waals surface area contributed by atoms with Crippen molar-refractivity contribution in [2.24, 2.45) is 0 Å². The average Bonchev–Trinajstić information content (AvgIpc) is 3.08. The summed E-state index contributed by atoms with van der Waals surface area (Å²) in [5.74, 6) is -0.423. The molecule has 3 N–H and O–H groups in total. The standard InChI is InChI=1S/C14H18N4O5S/c1-3-7(22-6(2)19)8-4-5-9(23-8)18-11-10(24-14(18)21)12(20)17-13(15)16-11/h7-9H,3-5H2,1-2H3,(H3,15,16,17,20). The van der Waals surface area contributed by atoms with Gasteiger partial charge in [0.2, 0.25) is 5.95 Å². The minimum absolute atomic E-state index is 0.0556. The smallest absolute Gasteiger partial charge is 0.311 e. The first-order valence-electron chi connectivity index (χ1n) is 7.64. The Morgan fingerprint density at radius 2 is 2.29 bits per heavy atom. The Bertz CT molecular complexity index is 885. The third-order valence-electron chi connectivity index (χ3n) is 3.94. The third kappa shape index (κ3) is 2.94. The molecule has 0 saturated carbocycles. The number of anilines is 1. The number of carbonyl (C=O) groups is 1. The molecule has 24 heavy (non-hydrogen) atoms. The Kier molecular flexibility index (Phi) is 4.41. The quantitative estimate of drug-likeness (QED) is 0.775. The highest BCUT2D eigenvalue weighted by Crippen LogP contribution is 2.33. The molecule has 3 atom stereocenters. The molecule has 0 spiro atoms. The molecule has 1 saturated heterocycles. The van der Waals surface area contributed by atoms with Gasteiger partial charge >= 0.3 is 10.8 Å². The maximum Gasteiger partial charge on any atom is 0.311 e. The van der Waals surface area contributed by atoms with E-state index in [1.807, 2.05) is 6.92 Å². The Morgan fingerprint density at radius 1 is 1.54 bits per heavy atom. The van der Waals surface area contributed by atoms with Crippen LogP contribution >= 0.6 is 11.3 Å². The van der Waals surface area contributed by atoms with E-state index in [9.17, 15) is 14.4 Å². The fourth-order valence-corrected chi connectivity index (χ4v) is 3.80. The number of carbonyl (C=O) groups excluding carboxylic acids is 1. The topological polar surface area (TPSA) is 129 Å². The SMILES string of the molecule is CCC(OC(C)=O)C1CCC(n2c(=O)sc3c(=O)[nH]c(N)nc32)O1. The van der Waals surface area contributed by atoms with Gasteiger partial charge in [0, 0.05) is 6.92 Å². The zero-order chi connectivity index (χ0) is 17.4. The number of hydrogen-bond donors (Lipinski definition) is 2. The molecule has 1 aliphatic heterocycles. The molecule has 1 aliphatic rings. The summed E-state index contributed by atoms with van der Waals surface area (Å²) in [5.41, 5.74) is 5.35. The van der Waals surface area contributed by atoms with Crippen LogP contribution in [-0.4, -0.2) is 32.7 Å². The monoisotopic (exact) mass is 354 g/mol. The van der Waals surface area contributed by atoms with E-state index in [1.165, 1.54) is 11.5 Å². The lowest BCUT2D eigenvalue weighted by atomic mass is 10.1. The van der Waals surface area contributed by atoms with Crippen molar-refractivity contribution in [2.75, 3.05) is 5.73 Å². The predicted molar refractivity (Wildman–Crippen MR) is 87.9 cm³/mol. The number of H-pyrrole nitrogens is 1. The molecule has 0 bridgehead atoms. The number of aromatic nitrogens is 3. The number of fused-ring (bicyclic) bond motifs is 1. The molecule has 1 fully saturated rings. The number of ether oxygens (including phenoxy) is 2. The molecule has 9 nitrogen and oxygen atoms in total. The lowest BCUT2D eigenvalue weighted by molar-refractivity contribution is -0.156. The van der Waals surface area contributed by atoms with E-state index in [0.29, 0.717) is 19.3 Å². The number of thiazole rings is 1. The minimum Gasteiger partial charge on any atom is -0.460 e. The molecule has 0 aliphatic carbocycles. The Hall–Kier alpha value is -2.20. The van der Waals surface area contributed by atoms with Crippen molar-refractivity contribution in [3.8, 4) is 0 Å². The second-order valence-electron chi connectivity index (χ2n) is 5.60. The lowest BCUT2D eigenvalue weighted by Crippen LogP contribution is -2.31. The number of nitrogens with two attached hydrogens (primary N) is 1. The first-order chi connectivity index (χ1) is 11.4. The van der Waals surface area contributed by atoms with Crippen molar-refractivity contribution >= 4 is 33.6 Å². The number of nitrogen functional groups attached to an aromatic ring is 1. The van der Waals surface area contributed by atoms with Crippen molar-refractivity contribution in [2.45, 2.75) is 51.5 Å². The molecular weight excluding hydrogens is 336 g/mol. The van der Waals surface area contributed by atoms with Gasteiger partial charge < -0.3 is 15.2 Å². The van der Waals surface area contributed by atoms with E-state index in [2.05, 4.69) is 9.97 Å². The summed E-state index contributed by atoms with van der Waals surface area (Å²) in [6.07, 6.45) is 0.581. The van der Waals surface area contributed by atoms with Crippen molar-refractivity contribution in [1.29, 1.82) is 0 Å². The Morgan fingerprint density at radius 3 is 2.96 bits per heavy atom. The van der Waals surface area contributed by atoms with Gasteiger partial charge in [-0.2, -0.15) is 4.98 Å². The van der Waals surface area contributed by atoms with E-state index in [0.717, 1.165) is 11.3 Å². The number of hydrogen-bond acceptors (Lipinski definition) is 8. The van der Waals surface area contributed by atoms with Gasteiger partial charge in [0.05, 0.1) is 6.10 Å². The number of aromatic amines is 1. The fraction of sp³-hybridized carbons (Fsp3) is 0.571. The largest absolute Gasteiger partial charge is 0.460 e. The molecular formula is C14H18N4O5S. The first kappa shape index (κ1) is 16.7. The van der Waals surface area contributed by atoms with Crippen LogP contribution in [-0.2, 0) is 14.3 Å². The van der Waals surface area contributed by atoms with E-state index in [-0.39, 0.29) is 39.3 Å². The van der Waals surface area contributed by atoms with E-state index in [1.54, 1.807) is 0 Å². The van der Waals surface area contributed by atoms with Crippen molar-refractivity contribution < 1.29 is 14.3 Å². The number of nitrogens with one attached hydrogen (secondary N) is 1. The summed E-state index contributed by atoms with van der Waals surface area (Å²) in [5, 5.41) is 0. The van der Waals surface area contributed by atoms with Crippen LogP contribution in [0.3, 0.4) is 0 Å².